The number of ether oxygens (including phenoxy) is 1. The van der Waals surface area contributed by atoms with Gasteiger partial charge in [-0.05, 0) is 37.8 Å². The van der Waals surface area contributed by atoms with E-state index in [-0.39, 0.29) is 0 Å². The average Bonchev–Trinajstić information content (AvgIpc) is 2.69. The van der Waals surface area contributed by atoms with Crippen molar-refractivity contribution in [2.75, 3.05) is 31.6 Å². The van der Waals surface area contributed by atoms with E-state index in [2.05, 4.69) is 25.0 Å². The third kappa shape index (κ3) is 3.58. The summed E-state index contributed by atoms with van der Waals surface area (Å²) in [6.07, 6.45) is 6.33. The quantitative estimate of drug-likeness (QED) is 0.872. The van der Waals surface area contributed by atoms with Crippen LogP contribution in [0.4, 0.5) is 11.5 Å². The van der Waals surface area contributed by atoms with E-state index in [0.29, 0.717) is 17.8 Å². The molecule has 0 atom stereocenters. The first-order valence-corrected chi connectivity index (χ1v) is 9.04. The van der Waals surface area contributed by atoms with E-state index in [4.69, 9.17) is 11.3 Å². The summed E-state index contributed by atoms with van der Waals surface area (Å²) < 4.78 is 5.46. The van der Waals surface area contributed by atoms with Crippen molar-refractivity contribution in [3.63, 3.8) is 0 Å². The summed E-state index contributed by atoms with van der Waals surface area (Å²) in [4.78, 5) is 14.9. The molecular weight excluding hydrogens is 314 g/mol. The Kier molecular flexibility index (Phi) is 4.77. The fourth-order valence-electron chi connectivity index (χ4n) is 3.95. The van der Waals surface area contributed by atoms with Gasteiger partial charge in [0.15, 0.2) is 5.69 Å². The summed E-state index contributed by atoms with van der Waals surface area (Å²) in [6, 6.07) is 6.71. The summed E-state index contributed by atoms with van der Waals surface area (Å²) in [6.45, 7) is 11.1. The summed E-state index contributed by atoms with van der Waals surface area (Å²) in [5.41, 5.74) is 1.51. The topological polar surface area (TPSA) is 54.6 Å². The normalized spacial score (nSPS) is 24.8. The van der Waals surface area contributed by atoms with Gasteiger partial charge in [0.2, 0.25) is 0 Å². The lowest BCUT2D eigenvalue weighted by atomic mass is 9.90. The largest absolute Gasteiger partial charge is 0.379 e. The zero-order valence-corrected chi connectivity index (χ0v) is 14.3. The first-order chi connectivity index (χ1) is 12.3. The van der Waals surface area contributed by atoms with Crippen LogP contribution in [0.2, 0.25) is 0 Å². The zero-order chi connectivity index (χ0) is 17.1. The molecule has 1 aliphatic carbocycles. The molecular formula is C19H23N5O. The molecule has 1 aliphatic heterocycles. The predicted molar refractivity (Wildman–Crippen MR) is 97.9 cm³/mol. The Hall–Kier alpha value is -2.23. The lowest BCUT2D eigenvalue weighted by Gasteiger charge is -2.39. The molecule has 0 unspecified atom stereocenters. The zero-order valence-electron chi connectivity index (χ0n) is 14.3. The summed E-state index contributed by atoms with van der Waals surface area (Å²) in [5.74, 6) is 0.852. The average molecular weight is 337 g/mol. The van der Waals surface area contributed by atoms with Gasteiger partial charge >= 0.3 is 0 Å². The maximum Gasteiger partial charge on any atom is 0.188 e. The van der Waals surface area contributed by atoms with Gasteiger partial charge in [-0.2, -0.15) is 0 Å². The molecule has 4 rings (SSSR count). The predicted octanol–water partition coefficient (Wildman–Crippen LogP) is 3.24. The highest BCUT2D eigenvalue weighted by atomic mass is 16.5. The lowest BCUT2D eigenvalue weighted by molar-refractivity contribution is 0.00791. The van der Waals surface area contributed by atoms with Crippen LogP contribution in [0.15, 0.2) is 24.5 Å². The number of hydrogen-bond donors (Lipinski definition) is 1. The Bertz CT molecular complexity index is 773. The van der Waals surface area contributed by atoms with Crippen LogP contribution in [-0.2, 0) is 4.74 Å². The van der Waals surface area contributed by atoms with Gasteiger partial charge in [0.05, 0.1) is 25.3 Å². The van der Waals surface area contributed by atoms with Crippen LogP contribution < -0.4 is 5.32 Å². The molecule has 1 saturated carbocycles. The highest BCUT2D eigenvalue weighted by Gasteiger charge is 2.27. The Morgan fingerprint density at radius 3 is 2.68 bits per heavy atom. The van der Waals surface area contributed by atoms with Gasteiger partial charge in [0.1, 0.15) is 12.1 Å². The van der Waals surface area contributed by atoms with Crippen molar-refractivity contribution in [2.45, 2.75) is 37.8 Å². The second-order valence-corrected chi connectivity index (χ2v) is 6.83. The van der Waals surface area contributed by atoms with Gasteiger partial charge in [-0.1, -0.05) is 6.07 Å². The van der Waals surface area contributed by atoms with Gasteiger partial charge in [0, 0.05) is 30.6 Å². The van der Waals surface area contributed by atoms with Crippen molar-refractivity contribution in [2.24, 2.45) is 0 Å². The van der Waals surface area contributed by atoms with Gasteiger partial charge in [-0.3, -0.25) is 4.90 Å². The van der Waals surface area contributed by atoms with Crippen LogP contribution in [0.25, 0.3) is 15.7 Å². The second kappa shape index (κ2) is 7.34. The molecule has 0 radical (unpaired) electrons. The number of benzene rings is 1. The molecule has 1 saturated heterocycles. The van der Waals surface area contributed by atoms with Gasteiger partial charge in [0.25, 0.3) is 0 Å². The van der Waals surface area contributed by atoms with Gasteiger partial charge < -0.3 is 10.1 Å². The monoisotopic (exact) mass is 337 g/mol. The molecule has 130 valence electrons. The Morgan fingerprint density at radius 2 is 1.92 bits per heavy atom. The number of hydrogen-bond acceptors (Lipinski definition) is 5. The van der Waals surface area contributed by atoms with E-state index in [1.807, 2.05) is 12.1 Å². The molecule has 1 N–H and O–H groups in total. The Balaban J connectivity index is 1.43. The minimum atomic E-state index is 0.437. The fourth-order valence-corrected chi connectivity index (χ4v) is 3.95. The molecule has 6 heteroatoms. The second-order valence-electron chi connectivity index (χ2n) is 6.83. The molecule has 0 spiro atoms. The maximum absolute atomic E-state index is 7.21. The molecule has 2 aliphatic rings. The number of nitrogens with zero attached hydrogens (tertiary/aromatic N) is 4. The lowest BCUT2D eigenvalue weighted by Crippen LogP contribution is -2.46. The third-order valence-electron chi connectivity index (χ3n) is 5.35. The number of fused-ring (bicyclic) bond motifs is 1. The van der Waals surface area contributed by atoms with Crippen LogP contribution in [0.3, 0.4) is 0 Å². The van der Waals surface area contributed by atoms with E-state index >= 15 is 0 Å². The third-order valence-corrected chi connectivity index (χ3v) is 5.35. The number of morpholine rings is 1. The molecule has 1 aromatic heterocycles. The summed E-state index contributed by atoms with van der Waals surface area (Å²) in [7, 11) is 0. The minimum Gasteiger partial charge on any atom is -0.379 e. The van der Waals surface area contributed by atoms with E-state index in [1.165, 1.54) is 12.8 Å². The molecule has 6 nitrogen and oxygen atoms in total. The van der Waals surface area contributed by atoms with Crippen LogP contribution in [0, 0.1) is 6.57 Å². The van der Waals surface area contributed by atoms with Crippen LogP contribution in [-0.4, -0.2) is 53.3 Å². The number of rotatable bonds is 3. The van der Waals surface area contributed by atoms with Crippen LogP contribution >= 0.6 is 0 Å². The molecule has 2 aromatic rings. The molecule has 2 heterocycles. The standard InChI is InChI=1S/C19H23N5O/c1-20-15-4-7-18-17(12-15)19(22-13-21-18)23-14-2-5-16(6-3-14)24-8-10-25-11-9-24/h4,7,12-14,16H,2-3,5-6,8-11H2,(H,21,22,23). The van der Waals surface area contributed by atoms with Crippen LogP contribution in [0.5, 0.6) is 0 Å². The molecule has 25 heavy (non-hydrogen) atoms. The van der Waals surface area contributed by atoms with E-state index < -0.39 is 0 Å². The van der Waals surface area contributed by atoms with E-state index in [1.54, 1.807) is 12.4 Å². The highest BCUT2D eigenvalue weighted by molar-refractivity contribution is 5.91. The van der Waals surface area contributed by atoms with Crippen molar-refractivity contribution < 1.29 is 4.74 Å². The van der Waals surface area contributed by atoms with Gasteiger partial charge in [-0.15, -0.1) is 0 Å². The molecule has 0 bridgehead atoms. The number of anilines is 1. The molecule has 0 amide bonds. The Labute approximate surface area is 148 Å². The van der Waals surface area contributed by atoms with Crippen molar-refractivity contribution in [3.05, 3.63) is 35.9 Å². The highest BCUT2D eigenvalue weighted by Crippen LogP contribution is 2.29. The van der Waals surface area contributed by atoms with E-state index in [0.717, 1.165) is 55.9 Å². The van der Waals surface area contributed by atoms with Crippen molar-refractivity contribution in [3.8, 4) is 0 Å². The SMILES string of the molecule is [C-]#[N+]c1ccc2ncnc(NC3CCC(N4CCOCC4)CC3)c2c1. The van der Waals surface area contributed by atoms with Crippen molar-refractivity contribution in [1.29, 1.82) is 0 Å². The Morgan fingerprint density at radius 1 is 1.12 bits per heavy atom. The van der Waals surface area contributed by atoms with Crippen molar-refractivity contribution in [1.82, 2.24) is 14.9 Å². The first kappa shape index (κ1) is 16.2. The van der Waals surface area contributed by atoms with Crippen LogP contribution in [0.1, 0.15) is 25.7 Å². The minimum absolute atomic E-state index is 0.437. The number of nitrogens with one attached hydrogen (secondary N) is 1. The summed E-state index contributed by atoms with van der Waals surface area (Å²) in [5, 5.41) is 4.54. The fraction of sp³-hybridized carbons (Fsp3) is 0.526. The first-order valence-electron chi connectivity index (χ1n) is 9.04. The number of aromatic nitrogens is 2. The smallest absolute Gasteiger partial charge is 0.188 e. The summed E-state index contributed by atoms with van der Waals surface area (Å²) >= 11 is 0. The van der Waals surface area contributed by atoms with Gasteiger partial charge in [-0.25, -0.2) is 14.8 Å². The van der Waals surface area contributed by atoms with Crippen molar-refractivity contribution >= 4 is 22.4 Å². The maximum atomic E-state index is 7.21. The van der Waals surface area contributed by atoms with E-state index in [9.17, 15) is 0 Å². The molecule has 2 fully saturated rings. The molecule has 1 aromatic carbocycles.